The number of ether oxygens (including phenoxy) is 1. The van der Waals surface area contributed by atoms with Crippen molar-refractivity contribution < 1.29 is 14.3 Å². The number of nitrogens with zero attached hydrogens (tertiary/aromatic N) is 2. The van der Waals surface area contributed by atoms with Crippen molar-refractivity contribution in [1.82, 2.24) is 15.2 Å². The van der Waals surface area contributed by atoms with Crippen LogP contribution in [0.1, 0.15) is 0 Å². The number of piperazine rings is 1. The van der Waals surface area contributed by atoms with Crippen molar-refractivity contribution in [2.24, 2.45) is 0 Å². The van der Waals surface area contributed by atoms with Gasteiger partial charge in [0.05, 0.1) is 13.7 Å². The van der Waals surface area contributed by atoms with E-state index in [0.29, 0.717) is 18.8 Å². The van der Waals surface area contributed by atoms with E-state index in [0.717, 1.165) is 35.4 Å². The van der Waals surface area contributed by atoms with Crippen LogP contribution in [0.4, 0.5) is 16.2 Å². The first-order valence-corrected chi connectivity index (χ1v) is 9.91. The number of methoxy groups -OCH3 is 1. The number of fused-ring (bicyclic) bond motifs is 1. The van der Waals surface area contributed by atoms with Crippen LogP contribution in [0, 0.1) is 0 Å². The number of hydrogen-bond acceptors (Lipinski definition) is 4. The summed E-state index contributed by atoms with van der Waals surface area (Å²) >= 11 is 0. The number of aromatic nitrogens is 1. The average Bonchev–Trinajstić information content (AvgIpc) is 3.25. The molecular weight excluding hydrogens is 382 g/mol. The number of benzene rings is 2. The molecule has 1 saturated heterocycles. The molecule has 0 bridgehead atoms. The molecule has 1 fully saturated rings. The lowest BCUT2D eigenvalue weighted by Crippen LogP contribution is -2.52. The van der Waals surface area contributed by atoms with Gasteiger partial charge < -0.3 is 30.2 Å². The summed E-state index contributed by atoms with van der Waals surface area (Å²) in [5.74, 6) is 0.564. The van der Waals surface area contributed by atoms with Gasteiger partial charge in [-0.3, -0.25) is 4.79 Å². The van der Waals surface area contributed by atoms with E-state index >= 15 is 0 Å². The van der Waals surface area contributed by atoms with Gasteiger partial charge >= 0.3 is 6.03 Å². The highest BCUT2D eigenvalue weighted by Gasteiger charge is 2.21. The first kappa shape index (κ1) is 19.6. The van der Waals surface area contributed by atoms with Crippen LogP contribution in [0.2, 0.25) is 0 Å². The number of amides is 3. The molecule has 0 spiro atoms. The van der Waals surface area contributed by atoms with E-state index in [1.165, 1.54) is 0 Å². The van der Waals surface area contributed by atoms with Gasteiger partial charge in [0.1, 0.15) is 5.75 Å². The Morgan fingerprint density at radius 2 is 1.80 bits per heavy atom. The Kier molecular flexibility index (Phi) is 5.74. The van der Waals surface area contributed by atoms with Crippen LogP contribution in [0.25, 0.3) is 10.9 Å². The standard InChI is InChI=1S/C22H25N5O3/c1-30-19-6-4-18(5-7-19)26-10-12-27(13-11-26)22(29)24-15-21(28)25-17-3-2-16-8-9-23-20(16)14-17/h2-9,14,23H,10-13,15H2,1H3,(H,24,29)(H,25,28). The number of aromatic amines is 1. The van der Waals surface area contributed by atoms with Crippen LogP contribution < -0.4 is 20.3 Å². The van der Waals surface area contributed by atoms with Crippen molar-refractivity contribution in [3.8, 4) is 5.75 Å². The van der Waals surface area contributed by atoms with Crippen LogP contribution in [0.3, 0.4) is 0 Å². The number of hydrogen-bond donors (Lipinski definition) is 3. The zero-order valence-electron chi connectivity index (χ0n) is 16.9. The zero-order chi connectivity index (χ0) is 20.9. The quantitative estimate of drug-likeness (QED) is 0.607. The Morgan fingerprint density at radius 1 is 1.03 bits per heavy atom. The normalized spacial score (nSPS) is 13.9. The molecule has 1 aromatic heterocycles. The van der Waals surface area contributed by atoms with Crippen molar-refractivity contribution in [2.45, 2.75) is 0 Å². The number of H-pyrrole nitrogens is 1. The van der Waals surface area contributed by atoms with Gasteiger partial charge in [-0.2, -0.15) is 0 Å². The predicted octanol–water partition coefficient (Wildman–Crippen LogP) is 2.65. The lowest BCUT2D eigenvalue weighted by Gasteiger charge is -2.36. The maximum atomic E-state index is 12.4. The average molecular weight is 407 g/mol. The molecular formula is C22H25N5O3. The maximum Gasteiger partial charge on any atom is 0.317 e. The van der Waals surface area contributed by atoms with Gasteiger partial charge in [-0.1, -0.05) is 6.07 Å². The molecule has 2 aromatic carbocycles. The minimum atomic E-state index is -0.258. The highest BCUT2D eigenvalue weighted by molar-refractivity contribution is 5.96. The van der Waals surface area contributed by atoms with Gasteiger partial charge in [0.15, 0.2) is 0 Å². The van der Waals surface area contributed by atoms with Gasteiger partial charge in [0.2, 0.25) is 5.91 Å². The van der Waals surface area contributed by atoms with Crippen LogP contribution in [-0.4, -0.2) is 61.7 Å². The second kappa shape index (κ2) is 8.77. The number of urea groups is 1. The van der Waals surface area contributed by atoms with Crippen LogP contribution in [0.15, 0.2) is 54.7 Å². The monoisotopic (exact) mass is 407 g/mol. The number of rotatable bonds is 5. The SMILES string of the molecule is COc1ccc(N2CCN(C(=O)NCC(=O)Nc3ccc4cc[nH]c4c3)CC2)cc1. The Bertz CT molecular complexity index is 1020. The zero-order valence-corrected chi connectivity index (χ0v) is 16.9. The Labute approximate surface area is 174 Å². The molecule has 0 atom stereocenters. The molecule has 0 radical (unpaired) electrons. The summed E-state index contributed by atoms with van der Waals surface area (Å²) in [5, 5.41) is 6.59. The van der Waals surface area contributed by atoms with E-state index in [9.17, 15) is 9.59 Å². The second-order valence-electron chi connectivity index (χ2n) is 7.16. The highest BCUT2D eigenvalue weighted by Crippen LogP contribution is 2.20. The Balaban J connectivity index is 1.22. The molecule has 8 nitrogen and oxygen atoms in total. The molecule has 3 aromatic rings. The third kappa shape index (κ3) is 4.48. The molecule has 1 aliphatic rings. The van der Waals surface area contributed by atoms with Gasteiger partial charge in [-0.15, -0.1) is 0 Å². The minimum absolute atomic E-state index is 0.0692. The summed E-state index contributed by atoms with van der Waals surface area (Å²) in [6.07, 6.45) is 1.85. The molecule has 4 rings (SSSR count). The van der Waals surface area contributed by atoms with Crippen molar-refractivity contribution in [3.63, 3.8) is 0 Å². The van der Waals surface area contributed by atoms with Crippen molar-refractivity contribution >= 4 is 34.2 Å². The smallest absolute Gasteiger partial charge is 0.317 e. The van der Waals surface area contributed by atoms with E-state index in [-0.39, 0.29) is 18.5 Å². The third-order valence-corrected chi connectivity index (χ3v) is 5.24. The summed E-state index contributed by atoms with van der Waals surface area (Å²) in [6.45, 7) is 2.61. The third-order valence-electron chi connectivity index (χ3n) is 5.24. The number of carbonyl (C=O) groups is 2. The van der Waals surface area contributed by atoms with Gasteiger partial charge in [0, 0.05) is 49.3 Å². The summed E-state index contributed by atoms with van der Waals surface area (Å²) in [5.41, 5.74) is 2.75. The highest BCUT2D eigenvalue weighted by atomic mass is 16.5. The fourth-order valence-corrected chi connectivity index (χ4v) is 3.56. The molecule has 0 unspecified atom stereocenters. The van der Waals surface area contributed by atoms with Crippen LogP contribution in [0.5, 0.6) is 5.75 Å². The summed E-state index contributed by atoms with van der Waals surface area (Å²) in [4.78, 5) is 31.7. The lowest BCUT2D eigenvalue weighted by molar-refractivity contribution is -0.115. The fraction of sp³-hybridized carbons (Fsp3) is 0.273. The van der Waals surface area contributed by atoms with E-state index in [4.69, 9.17) is 4.74 Å². The largest absolute Gasteiger partial charge is 0.497 e. The molecule has 3 amide bonds. The van der Waals surface area contributed by atoms with Gasteiger partial charge in [0.25, 0.3) is 0 Å². The van der Waals surface area contributed by atoms with E-state index in [2.05, 4.69) is 20.5 Å². The number of nitrogens with one attached hydrogen (secondary N) is 3. The first-order chi connectivity index (χ1) is 14.6. The molecule has 0 saturated carbocycles. The molecule has 8 heteroatoms. The first-order valence-electron chi connectivity index (χ1n) is 9.91. The van der Waals surface area contributed by atoms with Crippen molar-refractivity contribution in [1.29, 1.82) is 0 Å². The predicted molar refractivity (Wildman–Crippen MR) is 117 cm³/mol. The molecule has 2 heterocycles. The Hall–Kier alpha value is -3.68. The van der Waals surface area contributed by atoms with E-state index < -0.39 is 0 Å². The van der Waals surface area contributed by atoms with Gasteiger partial charge in [-0.05, 0) is 47.9 Å². The lowest BCUT2D eigenvalue weighted by atomic mass is 10.2. The molecule has 1 aliphatic heterocycles. The van der Waals surface area contributed by atoms with E-state index in [1.54, 1.807) is 12.0 Å². The number of anilines is 2. The molecule has 30 heavy (non-hydrogen) atoms. The summed E-state index contributed by atoms with van der Waals surface area (Å²) in [7, 11) is 1.65. The summed E-state index contributed by atoms with van der Waals surface area (Å²) in [6, 6.07) is 15.3. The van der Waals surface area contributed by atoms with Crippen molar-refractivity contribution in [2.75, 3.05) is 50.1 Å². The van der Waals surface area contributed by atoms with Crippen LogP contribution in [-0.2, 0) is 4.79 Å². The minimum Gasteiger partial charge on any atom is -0.497 e. The van der Waals surface area contributed by atoms with E-state index in [1.807, 2.05) is 54.7 Å². The Morgan fingerprint density at radius 3 is 2.53 bits per heavy atom. The second-order valence-corrected chi connectivity index (χ2v) is 7.16. The molecule has 0 aliphatic carbocycles. The number of carbonyl (C=O) groups excluding carboxylic acids is 2. The summed E-state index contributed by atoms with van der Waals surface area (Å²) < 4.78 is 5.19. The van der Waals surface area contributed by atoms with Gasteiger partial charge in [-0.25, -0.2) is 4.79 Å². The van der Waals surface area contributed by atoms with Crippen LogP contribution >= 0.6 is 0 Å². The fourth-order valence-electron chi connectivity index (χ4n) is 3.56. The topological polar surface area (TPSA) is 89.7 Å². The molecule has 3 N–H and O–H groups in total. The maximum absolute atomic E-state index is 12.4. The van der Waals surface area contributed by atoms with Crippen molar-refractivity contribution in [3.05, 3.63) is 54.7 Å². The molecule has 156 valence electrons.